The summed E-state index contributed by atoms with van der Waals surface area (Å²) in [5.74, 6) is 0. The first-order chi connectivity index (χ1) is 5.08. The van der Waals surface area contributed by atoms with E-state index in [0.717, 1.165) is 6.42 Å². The van der Waals surface area contributed by atoms with E-state index in [4.69, 9.17) is 0 Å². The van der Waals surface area contributed by atoms with Crippen LogP contribution in [-0.4, -0.2) is 5.25 Å². The molecule has 0 spiro atoms. The van der Waals surface area contributed by atoms with Gasteiger partial charge in [0.05, 0.1) is 0 Å². The number of hydrogen-bond donors (Lipinski definition) is 2. The molecule has 0 saturated carbocycles. The largest absolute Gasteiger partial charge is 0.167 e. The maximum absolute atomic E-state index is 4.45. The Labute approximate surface area is 79.6 Å². The summed E-state index contributed by atoms with van der Waals surface area (Å²) in [6, 6.07) is 0. The van der Waals surface area contributed by atoms with Gasteiger partial charge in [-0.2, -0.15) is 25.3 Å². The maximum Gasteiger partial charge on any atom is 0.0419 e. The van der Waals surface area contributed by atoms with Crippen LogP contribution < -0.4 is 0 Å². The first-order valence-electron chi connectivity index (χ1n) is 3.77. The Morgan fingerprint density at radius 3 is 2.64 bits per heavy atom. The Hall–Kier alpha value is 0.180. The van der Waals surface area contributed by atoms with E-state index in [1.807, 2.05) is 5.41 Å². The quantitative estimate of drug-likeness (QED) is 0.421. The summed E-state index contributed by atoms with van der Waals surface area (Å²) < 4.78 is 0. The normalized spacial score (nSPS) is 32.7. The average Bonchev–Trinajstić information content (AvgIpc) is 1.86. The van der Waals surface area contributed by atoms with Crippen LogP contribution in [0.2, 0.25) is 0 Å². The lowest BCUT2D eigenvalue weighted by atomic mass is 9.77. The van der Waals surface area contributed by atoms with Gasteiger partial charge in [-0.3, -0.25) is 0 Å². The molecule has 1 aliphatic rings. The fourth-order valence-electron chi connectivity index (χ4n) is 1.36. The first kappa shape index (κ1) is 9.27. The van der Waals surface area contributed by atoms with E-state index in [1.54, 1.807) is 0 Å². The van der Waals surface area contributed by atoms with Gasteiger partial charge >= 0.3 is 0 Å². The van der Waals surface area contributed by atoms with E-state index in [9.17, 15) is 0 Å². The second-order valence-corrected chi connectivity index (χ2v) is 4.36. The van der Waals surface area contributed by atoms with Gasteiger partial charge in [0.2, 0.25) is 0 Å². The first-order valence-corrected chi connectivity index (χ1v) is 4.81. The highest BCUT2D eigenvalue weighted by atomic mass is 32.1. The molecule has 0 aromatic carbocycles. The lowest BCUT2D eigenvalue weighted by Crippen LogP contribution is -2.23. The molecule has 1 unspecified atom stereocenters. The molecule has 2 heteroatoms. The predicted octanol–water partition coefficient (Wildman–Crippen LogP) is 3.08. The smallest absolute Gasteiger partial charge is 0.0419 e. The molecule has 11 heavy (non-hydrogen) atoms. The highest BCUT2D eigenvalue weighted by Crippen LogP contribution is 2.38. The summed E-state index contributed by atoms with van der Waals surface area (Å²) >= 11 is 8.64. The van der Waals surface area contributed by atoms with Gasteiger partial charge in [-0.25, -0.2) is 0 Å². The molecule has 0 fully saturated rings. The Balaban J connectivity index is 2.95. The average molecular weight is 186 g/mol. The van der Waals surface area contributed by atoms with Crippen molar-refractivity contribution >= 4 is 25.3 Å². The molecule has 0 aliphatic heterocycles. The van der Waals surface area contributed by atoms with E-state index in [-0.39, 0.29) is 10.7 Å². The molecule has 1 atom stereocenters. The van der Waals surface area contributed by atoms with E-state index in [1.165, 1.54) is 5.57 Å². The molecule has 0 aromatic rings. The second-order valence-electron chi connectivity index (χ2n) is 3.55. The van der Waals surface area contributed by atoms with Crippen molar-refractivity contribution in [2.24, 2.45) is 5.41 Å². The zero-order valence-corrected chi connectivity index (χ0v) is 8.70. The zero-order valence-electron chi connectivity index (χ0n) is 6.91. The molecule has 0 N–H and O–H groups in total. The van der Waals surface area contributed by atoms with Gasteiger partial charge < -0.3 is 0 Å². The van der Waals surface area contributed by atoms with E-state index in [0.29, 0.717) is 0 Å². The maximum atomic E-state index is 4.45. The van der Waals surface area contributed by atoms with Gasteiger partial charge in [0.25, 0.3) is 0 Å². The van der Waals surface area contributed by atoms with Crippen LogP contribution in [0.25, 0.3) is 0 Å². The third-order valence-electron chi connectivity index (χ3n) is 2.19. The Morgan fingerprint density at radius 1 is 1.64 bits per heavy atom. The standard InChI is InChI=1S/C9H14S2/c1-9(2)5-3-4-8(11)7(9)6-10/h3-4,6,8,10-11H,5H2,1-2H3/b7-6+. The van der Waals surface area contributed by atoms with Gasteiger partial charge in [-0.1, -0.05) is 26.0 Å². The van der Waals surface area contributed by atoms with Crippen molar-refractivity contribution in [2.75, 3.05) is 0 Å². The monoisotopic (exact) mass is 186 g/mol. The Bertz CT molecular complexity index is 202. The molecule has 1 aliphatic carbocycles. The lowest BCUT2D eigenvalue weighted by molar-refractivity contribution is 0.438. The molecule has 0 radical (unpaired) electrons. The summed E-state index contributed by atoms with van der Waals surface area (Å²) in [4.78, 5) is 0. The second kappa shape index (κ2) is 3.28. The van der Waals surface area contributed by atoms with Crippen LogP contribution in [0, 0.1) is 5.41 Å². The van der Waals surface area contributed by atoms with E-state index < -0.39 is 0 Å². The SMILES string of the molecule is CC1(C)CC=CC(S)/C1=C\S. The number of thiol groups is 2. The number of allylic oxidation sites excluding steroid dienone is 1. The summed E-state index contributed by atoms with van der Waals surface area (Å²) in [5, 5.41) is 2.15. The third kappa shape index (κ3) is 1.85. The van der Waals surface area contributed by atoms with Gasteiger partial charge in [-0.15, -0.1) is 0 Å². The van der Waals surface area contributed by atoms with Crippen molar-refractivity contribution in [1.29, 1.82) is 0 Å². The van der Waals surface area contributed by atoms with Crippen molar-refractivity contribution in [2.45, 2.75) is 25.5 Å². The minimum absolute atomic E-state index is 0.239. The van der Waals surface area contributed by atoms with Crippen molar-refractivity contribution in [1.82, 2.24) is 0 Å². The molecule has 0 bridgehead atoms. The molecule has 1 rings (SSSR count). The zero-order chi connectivity index (χ0) is 8.48. The molecule has 0 saturated heterocycles. The minimum Gasteiger partial charge on any atom is -0.167 e. The van der Waals surface area contributed by atoms with E-state index in [2.05, 4.69) is 51.3 Å². The fourth-order valence-corrected chi connectivity index (χ4v) is 2.54. The van der Waals surface area contributed by atoms with Crippen molar-refractivity contribution in [3.8, 4) is 0 Å². The molecular weight excluding hydrogens is 172 g/mol. The van der Waals surface area contributed by atoms with Crippen molar-refractivity contribution < 1.29 is 0 Å². The summed E-state index contributed by atoms with van der Waals surface area (Å²) in [7, 11) is 0. The number of rotatable bonds is 0. The van der Waals surface area contributed by atoms with Crippen molar-refractivity contribution in [3.63, 3.8) is 0 Å². The summed E-state index contributed by atoms with van der Waals surface area (Å²) in [6.07, 6.45) is 5.41. The topological polar surface area (TPSA) is 0 Å². The fraction of sp³-hybridized carbons (Fsp3) is 0.556. The van der Waals surface area contributed by atoms with Crippen LogP contribution in [0.5, 0.6) is 0 Å². The highest BCUT2D eigenvalue weighted by Gasteiger charge is 2.27. The lowest BCUT2D eigenvalue weighted by Gasteiger charge is -2.32. The molecule has 0 amide bonds. The predicted molar refractivity (Wildman–Crippen MR) is 57.4 cm³/mol. The molecular formula is C9H14S2. The van der Waals surface area contributed by atoms with Gasteiger partial charge in [-0.05, 0) is 22.8 Å². The van der Waals surface area contributed by atoms with Gasteiger partial charge in [0, 0.05) is 5.25 Å². The van der Waals surface area contributed by atoms with Crippen LogP contribution in [0.3, 0.4) is 0 Å². The molecule has 0 aromatic heterocycles. The third-order valence-corrected chi connectivity index (χ3v) is 2.91. The van der Waals surface area contributed by atoms with Crippen LogP contribution in [0.4, 0.5) is 0 Å². The summed E-state index contributed by atoms with van der Waals surface area (Å²) in [5.41, 5.74) is 1.55. The summed E-state index contributed by atoms with van der Waals surface area (Å²) in [6.45, 7) is 4.45. The van der Waals surface area contributed by atoms with E-state index >= 15 is 0 Å². The molecule has 0 nitrogen and oxygen atoms in total. The van der Waals surface area contributed by atoms with Crippen molar-refractivity contribution in [3.05, 3.63) is 23.1 Å². The molecule has 0 heterocycles. The molecule has 62 valence electrons. The van der Waals surface area contributed by atoms with Crippen LogP contribution in [0.15, 0.2) is 23.1 Å². The Morgan fingerprint density at radius 2 is 2.27 bits per heavy atom. The number of hydrogen-bond acceptors (Lipinski definition) is 2. The Kier molecular flexibility index (Phi) is 2.76. The highest BCUT2D eigenvalue weighted by molar-refractivity contribution is 7.83. The van der Waals surface area contributed by atoms with Gasteiger partial charge in [0.15, 0.2) is 0 Å². The van der Waals surface area contributed by atoms with Crippen LogP contribution in [-0.2, 0) is 0 Å². The van der Waals surface area contributed by atoms with Crippen LogP contribution in [0.1, 0.15) is 20.3 Å². The van der Waals surface area contributed by atoms with Crippen LogP contribution >= 0.6 is 25.3 Å². The van der Waals surface area contributed by atoms with Gasteiger partial charge in [0.1, 0.15) is 0 Å². The minimum atomic E-state index is 0.239.